The summed E-state index contributed by atoms with van der Waals surface area (Å²) in [4.78, 5) is 60.0. The van der Waals surface area contributed by atoms with Crippen molar-refractivity contribution in [3.05, 3.63) is 40.5 Å². The van der Waals surface area contributed by atoms with Crippen molar-refractivity contribution in [1.29, 1.82) is 0 Å². The molecule has 0 aliphatic heterocycles. The second kappa shape index (κ2) is 15.6. The van der Waals surface area contributed by atoms with Crippen molar-refractivity contribution in [2.75, 3.05) is 19.8 Å². The van der Waals surface area contributed by atoms with Crippen LogP contribution in [0.3, 0.4) is 0 Å². The Morgan fingerprint density at radius 1 is 0.667 bits per heavy atom. The van der Waals surface area contributed by atoms with Crippen LogP contribution < -0.4 is 0 Å². The van der Waals surface area contributed by atoms with E-state index < -0.39 is 82.8 Å². The van der Waals surface area contributed by atoms with Crippen molar-refractivity contribution in [3.63, 3.8) is 0 Å². The van der Waals surface area contributed by atoms with Crippen molar-refractivity contribution in [3.8, 4) is 0 Å². The molecule has 0 fully saturated rings. The Morgan fingerprint density at radius 2 is 1.11 bits per heavy atom. The van der Waals surface area contributed by atoms with Crippen LogP contribution in [-0.2, 0) is 38.3 Å². The molecule has 0 bridgehead atoms. The van der Waals surface area contributed by atoms with E-state index in [1.807, 2.05) is 0 Å². The summed E-state index contributed by atoms with van der Waals surface area (Å²) in [7, 11) is 0. The molecule has 0 radical (unpaired) electrons. The molecule has 0 aliphatic rings. The van der Waals surface area contributed by atoms with E-state index >= 15 is 0 Å². The Labute approximate surface area is 204 Å². The zero-order chi connectivity index (χ0) is 28.1. The quantitative estimate of drug-likeness (QED) is 0.119. The molecule has 6 unspecified atom stereocenters. The zero-order valence-corrected chi connectivity index (χ0v) is 20.4. The van der Waals surface area contributed by atoms with Gasteiger partial charge in [0.2, 0.25) is 0 Å². The third kappa shape index (κ3) is 16.3. The van der Waals surface area contributed by atoms with Gasteiger partial charge in [-0.2, -0.15) is 0 Å². The first kappa shape index (κ1) is 32.6. The highest BCUT2D eigenvalue weighted by Crippen LogP contribution is 2.21. The van der Waals surface area contributed by atoms with Crippen molar-refractivity contribution in [2.24, 2.45) is 0 Å². The van der Waals surface area contributed by atoms with Crippen LogP contribution in [0.25, 0.3) is 0 Å². The predicted molar refractivity (Wildman–Crippen MR) is 111 cm³/mol. The summed E-state index contributed by atoms with van der Waals surface area (Å²) in [5.74, 6) is 0. The summed E-state index contributed by atoms with van der Waals surface area (Å²) >= 11 is 0. The summed E-state index contributed by atoms with van der Waals surface area (Å²) < 4.78 is 22.1. The summed E-state index contributed by atoms with van der Waals surface area (Å²) in [5, 5.41) is 38.2. The second-order valence-corrected chi connectivity index (χ2v) is 8.05. The van der Waals surface area contributed by atoms with Crippen LogP contribution in [0.4, 0.5) is 0 Å². The molecule has 0 amide bonds. The lowest BCUT2D eigenvalue weighted by molar-refractivity contribution is -0.773. The molecule has 0 saturated carbocycles. The Hall–Kier alpha value is -3.36. The fourth-order valence-corrected chi connectivity index (χ4v) is 2.49. The molecule has 210 valence electrons. The molecule has 20 heteroatoms. The SMILES string of the molecule is CC(CO[N+](=O)[O-])OC(C)OC(CO[N+](=O)[O-])C(CO[N+](=O)[O-])OC(OC(C)(C)C)C(C)O[N+](=O)[O-]. The second-order valence-electron chi connectivity index (χ2n) is 8.05. The number of ether oxygens (including phenoxy) is 4. The first-order chi connectivity index (χ1) is 16.5. The molecule has 0 N–H and O–H groups in total. The summed E-state index contributed by atoms with van der Waals surface area (Å²) in [5.41, 5.74) is -0.954. The van der Waals surface area contributed by atoms with Gasteiger partial charge in [0.15, 0.2) is 18.7 Å². The maximum absolute atomic E-state index is 10.8. The molecule has 0 heterocycles. The minimum absolute atomic E-state index is 0.474. The van der Waals surface area contributed by atoms with Crippen LogP contribution in [0.5, 0.6) is 0 Å². The van der Waals surface area contributed by atoms with Gasteiger partial charge in [0.1, 0.15) is 32.0 Å². The van der Waals surface area contributed by atoms with Crippen molar-refractivity contribution >= 4 is 0 Å². The average molecular weight is 534 g/mol. The first-order valence-electron chi connectivity index (χ1n) is 10.3. The van der Waals surface area contributed by atoms with E-state index in [9.17, 15) is 40.5 Å². The third-order valence-electron chi connectivity index (χ3n) is 3.72. The van der Waals surface area contributed by atoms with Gasteiger partial charge in [-0.3, -0.25) is 0 Å². The maximum Gasteiger partial charge on any atom is 0.294 e. The van der Waals surface area contributed by atoms with Crippen molar-refractivity contribution in [2.45, 2.75) is 84.1 Å². The maximum atomic E-state index is 10.8. The molecule has 0 aliphatic carbocycles. The Morgan fingerprint density at radius 3 is 1.53 bits per heavy atom. The minimum Gasteiger partial charge on any atom is -0.348 e. The highest BCUT2D eigenvalue weighted by molar-refractivity contribution is 4.74. The fourth-order valence-electron chi connectivity index (χ4n) is 2.49. The van der Waals surface area contributed by atoms with Crippen LogP contribution in [0.1, 0.15) is 41.5 Å². The number of rotatable bonds is 20. The molecule has 0 saturated heterocycles. The van der Waals surface area contributed by atoms with Gasteiger partial charge in [-0.15, -0.1) is 40.5 Å². The van der Waals surface area contributed by atoms with E-state index in [-0.39, 0.29) is 0 Å². The average Bonchev–Trinajstić information content (AvgIpc) is 2.70. The van der Waals surface area contributed by atoms with E-state index in [4.69, 9.17) is 18.9 Å². The van der Waals surface area contributed by atoms with E-state index in [0.717, 1.165) is 0 Å². The Kier molecular flexibility index (Phi) is 14.1. The van der Waals surface area contributed by atoms with Gasteiger partial charge >= 0.3 is 0 Å². The van der Waals surface area contributed by atoms with Crippen LogP contribution in [0.15, 0.2) is 0 Å². The number of nitrogens with zero attached hydrogens (tertiary/aromatic N) is 4. The fraction of sp³-hybridized carbons (Fsp3) is 1.00. The first-order valence-corrected chi connectivity index (χ1v) is 10.3. The summed E-state index contributed by atoms with van der Waals surface area (Å²) in [6, 6.07) is 0. The monoisotopic (exact) mass is 534 g/mol. The van der Waals surface area contributed by atoms with E-state index in [1.165, 1.54) is 20.8 Å². The molecule has 20 nitrogen and oxygen atoms in total. The van der Waals surface area contributed by atoms with Crippen molar-refractivity contribution < 1.29 is 58.6 Å². The molecular weight excluding hydrogens is 504 g/mol. The topological polar surface area (TPSA) is 246 Å². The van der Waals surface area contributed by atoms with Gasteiger partial charge in [-0.05, 0) is 41.5 Å². The number of hydrogen-bond donors (Lipinski definition) is 0. The lowest BCUT2D eigenvalue weighted by Crippen LogP contribution is -2.48. The smallest absolute Gasteiger partial charge is 0.294 e. The van der Waals surface area contributed by atoms with Gasteiger partial charge < -0.3 is 38.3 Å². The lowest BCUT2D eigenvalue weighted by Gasteiger charge is -2.35. The molecular formula is C16H30N4O16. The lowest BCUT2D eigenvalue weighted by atomic mass is 10.2. The molecule has 0 spiro atoms. The molecule has 0 rings (SSSR count). The predicted octanol–water partition coefficient (Wildman–Crippen LogP) is 0.871. The van der Waals surface area contributed by atoms with E-state index in [1.54, 1.807) is 20.8 Å². The normalized spacial score (nSPS) is 16.5. The molecule has 6 atom stereocenters. The van der Waals surface area contributed by atoms with Crippen LogP contribution in [0.2, 0.25) is 0 Å². The number of hydrogen-bond acceptors (Lipinski definition) is 16. The van der Waals surface area contributed by atoms with Gasteiger partial charge in [0.25, 0.3) is 20.3 Å². The van der Waals surface area contributed by atoms with Gasteiger partial charge in [0.05, 0.1) is 11.7 Å². The third-order valence-corrected chi connectivity index (χ3v) is 3.72. The minimum atomic E-state index is -1.56. The highest BCUT2D eigenvalue weighted by Gasteiger charge is 2.36. The largest absolute Gasteiger partial charge is 0.348 e. The standard InChI is InChI=1S/C16H30N4O16/c1-10(7-29-17(21)22)32-12(3)33-13(8-30-18(23)24)14(9-31-19(25)26)34-15(35-16(4,5)6)11(2)36-20(27)28/h10-15H,7-9H2,1-6H3. The highest BCUT2D eigenvalue weighted by atomic mass is 17.0. The molecule has 0 aromatic heterocycles. The summed E-state index contributed by atoms with van der Waals surface area (Å²) in [6.45, 7) is 6.49. The molecule has 0 aromatic rings. The van der Waals surface area contributed by atoms with Gasteiger partial charge in [0, 0.05) is 0 Å². The van der Waals surface area contributed by atoms with Gasteiger partial charge in [-0.1, -0.05) is 0 Å². The zero-order valence-electron chi connectivity index (χ0n) is 20.4. The Balaban J connectivity index is 5.84. The van der Waals surface area contributed by atoms with Crippen LogP contribution >= 0.6 is 0 Å². The molecule has 36 heavy (non-hydrogen) atoms. The van der Waals surface area contributed by atoms with Crippen molar-refractivity contribution in [1.82, 2.24) is 0 Å². The Bertz CT molecular complexity index is 719. The molecule has 0 aromatic carbocycles. The summed E-state index contributed by atoms with van der Waals surface area (Å²) in [6.07, 6.45) is -8.10. The van der Waals surface area contributed by atoms with E-state index in [0.29, 0.717) is 0 Å². The van der Waals surface area contributed by atoms with Crippen LogP contribution in [0, 0.1) is 40.5 Å². The van der Waals surface area contributed by atoms with Gasteiger partial charge in [-0.25, -0.2) is 0 Å². The van der Waals surface area contributed by atoms with Crippen LogP contribution in [-0.4, -0.2) is 82.8 Å². The van der Waals surface area contributed by atoms with E-state index in [2.05, 4.69) is 19.4 Å².